The van der Waals surface area contributed by atoms with Gasteiger partial charge < -0.3 is 14.2 Å². The largest absolute Gasteiger partial charge is 0.523 e. The van der Waals surface area contributed by atoms with Crippen LogP contribution < -0.4 is 0 Å². The Morgan fingerprint density at radius 3 is 2.24 bits per heavy atom. The van der Waals surface area contributed by atoms with Crippen molar-refractivity contribution in [3.63, 3.8) is 0 Å². The molecule has 1 saturated heterocycles. The third-order valence-electron chi connectivity index (χ3n) is 5.55. The van der Waals surface area contributed by atoms with Crippen LogP contribution in [0.4, 0.5) is 13.2 Å². The van der Waals surface area contributed by atoms with Gasteiger partial charge in [0.2, 0.25) is 0 Å². The summed E-state index contributed by atoms with van der Waals surface area (Å²) in [7, 11) is -7.40. The number of esters is 1. The highest BCUT2D eigenvalue weighted by Crippen LogP contribution is 2.37. The summed E-state index contributed by atoms with van der Waals surface area (Å²) in [5.74, 6) is -1.76. The highest BCUT2D eigenvalue weighted by molar-refractivity contribution is 7.87. The second-order valence-electron chi connectivity index (χ2n) is 9.37. The zero-order valence-corrected chi connectivity index (χ0v) is 21.1. The van der Waals surface area contributed by atoms with Gasteiger partial charge in [-0.15, -0.1) is 0 Å². The van der Waals surface area contributed by atoms with E-state index in [-0.39, 0.29) is 13.2 Å². The quantitative estimate of drug-likeness (QED) is 0.209. The van der Waals surface area contributed by atoms with E-state index >= 15 is 0 Å². The normalized spacial score (nSPS) is 26.7. The first-order valence-corrected chi connectivity index (χ1v) is 15.7. The lowest BCUT2D eigenvalue weighted by atomic mass is 9.84. The van der Waals surface area contributed by atoms with Gasteiger partial charge >= 0.3 is 21.6 Å². The van der Waals surface area contributed by atoms with Crippen molar-refractivity contribution in [2.75, 3.05) is 13.2 Å². The molecule has 0 spiro atoms. The first-order chi connectivity index (χ1) is 15.1. The summed E-state index contributed by atoms with van der Waals surface area (Å²) in [4.78, 5) is 12.3. The predicted octanol–water partition coefficient (Wildman–Crippen LogP) is 4.43. The minimum atomic E-state index is -5.86. The number of rotatable bonds is 9. The molecule has 2 unspecified atom stereocenters. The molecule has 1 fully saturated rings. The fraction of sp³-hybridized carbons (Fsp3) is 0.667. The van der Waals surface area contributed by atoms with Crippen LogP contribution >= 0.6 is 0 Å². The minimum absolute atomic E-state index is 0.171. The number of ether oxygens (including phenoxy) is 3. The number of carbonyl (C=O) groups excluding carboxylic acids is 1. The maximum Gasteiger partial charge on any atom is 0.523 e. The Morgan fingerprint density at radius 1 is 1.09 bits per heavy atom. The molecule has 0 N–H and O–H groups in total. The third-order valence-corrected chi connectivity index (χ3v) is 8.30. The first kappa shape index (κ1) is 27.8. The van der Waals surface area contributed by atoms with Crippen LogP contribution in [0, 0.1) is 11.8 Å². The van der Waals surface area contributed by atoms with E-state index < -0.39 is 60.0 Å². The maximum absolute atomic E-state index is 12.9. The van der Waals surface area contributed by atoms with Crippen molar-refractivity contribution in [2.45, 2.75) is 63.5 Å². The lowest BCUT2D eigenvalue weighted by Crippen LogP contribution is -2.54. The van der Waals surface area contributed by atoms with Crippen molar-refractivity contribution in [3.8, 4) is 0 Å². The molecule has 33 heavy (non-hydrogen) atoms. The molecule has 1 aliphatic heterocycles. The summed E-state index contributed by atoms with van der Waals surface area (Å²) >= 11 is 0. The number of hydrogen-bond acceptors (Lipinski definition) is 7. The topological polar surface area (TPSA) is 88.1 Å². The molecule has 2 rings (SSSR count). The van der Waals surface area contributed by atoms with Gasteiger partial charge in [0.25, 0.3) is 0 Å². The molecule has 1 aromatic carbocycles. The van der Waals surface area contributed by atoms with E-state index in [1.165, 1.54) is 0 Å². The fourth-order valence-electron chi connectivity index (χ4n) is 3.21. The van der Waals surface area contributed by atoms with Gasteiger partial charge in [-0.25, -0.2) is 4.79 Å². The molecule has 0 bridgehead atoms. The molecule has 0 aromatic heterocycles. The summed E-state index contributed by atoms with van der Waals surface area (Å²) in [6.45, 7) is 9.51. The van der Waals surface area contributed by atoms with Gasteiger partial charge in [-0.1, -0.05) is 51.7 Å². The van der Waals surface area contributed by atoms with E-state index in [1.807, 2.05) is 0 Å². The van der Waals surface area contributed by atoms with Crippen molar-refractivity contribution in [1.82, 2.24) is 0 Å². The third kappa shape index (κ3) is 7.77. The van der Waals surface area contributed by atoms with Crippen LogP contribution in [0.1, 0.15) is 24.2 Å². The van der Waals surface area contributed by atoms with Crippen molar-refractivity contribution in [2.24, 2.45) is 11.8 Å². The van der Waals surface area contributed by atoms with Gasteiger partial charge in [-0.2, -0.15) is 21.6 Å². The van der Waals surface area contributed by atoms with Crippen LogP contribution in [0.2, 0.25) is 25.7 Å². The van der Waals surface area contributed by atoms with Gasteiger partial charge in [0.05, 0.1) is 11.7 Å². The van der Waals surface area contributed by atoms with Gasteiger partial charge in [-0.05, 0) is 30.0 Å². The molecular weight excluding hydrogens is 481 g/mol. The Balaban J connectivity index is 2.16. The average Bonchev–Trinajstić information content (AvgIpc) is 2.70. The van der Waals surface area contributed by atoms with Gasteiger partial charge in [0.15, 0.2) is 6.29 Å². The number of benzene rings is 1. The number of hydrogen-bond donors (Lipinski definition) is 0. The molecule has 12 heteroatoms. The summed E-state index contributed by atoms with van der Waals surface area (Å²) in [5, 5.41) is 0. The number of alkyl halides is 3. The predicted molar refractivity (Wildman–Crippen MR) is 118 cm³/mol. The molecule has 1 heterocycles. The van der Waals surface area contributed by atoms with Crippen molar-refractivity contribution >= 4 is 24.2 Å². The van der Waals surface area contributed by atoms with Crippen molar-refractivity contribution < 1.29 is 44.8 Å². The van der Waals surface area contributed by atoms with Crippen LogP contribution in [-0.2, 0) is 28.5 Å². The van der Waals surface area contributed by atoms with Crippen LogP contribution in [0.15, 0.2) is 30.3 Å². The Morgan fingerprint density at radius 2 is 1.70 bits per heavy atom. The van der Waals surface area contributed by atoms with E-state index in [1.54, 1.807) is 44.2 Å². The molecule has 0 aliphatic carbocycles. The SMILES string of the molecule is C[C@@H]1C(OS(=O)(=O)C(F)(F)F)[C@H](OCC[Si](C)(C)C)OC(COC(=O)c2ccccc2)[C@@H]1C. The van der Waals surface area contributed by atoms with E-state index in [9.17, 15) is 26.4 Å². The summed E-state index contributed by atoms with van der Waals surface area (Å²) in [5.41, 5.74) is -5.23. The highest BCUT2D eigenvalue weighted by Gasteiger charge is 2.53. The smallest absolute Gasteiger partial charge is 0.459 e. The molecule has 1 aliphatic rings. The van der Waals surface area contributed by atoms with E-state index in [0.29, 0.717) is 11.6 Å². The molecule has 7 nitrogen and oxygen atoms in total. The van der Waals surface area contributed by atoms with E-state index in [0.717, 1.165) is 0 Å². The van der Waals surface area contributed by atoms with Crippen molar-refractivity contribution in [3.05, 3.63) is 35.9 Å². The summed E-state index contributed by atoms with van der Waals surface area (Å²) in [6.07, 6.45) is -3.60. The molecular formula is C21H31F3O7SSi. The zero-order valence-electron chi connectivity index (χ0n) is 19.3. The molecule has 0 radical (unpaired) electrons. The summed E-state index contributed by atoms with van der Waals surface area (Å²) in [6, 6.07) is 8.98. The lowest BCUT2D eigenvalue weighted by molar-refractivity contribution is -0.268. The van der Waals surface area contributed by atoms with Crippen molar-refractivity contribution in [1.29, 1.82) is 0 Å². The van der Waals surface area contributed by atoms with Crippen LogP contribution in [0.25, 0.3) is 0 Å². The lowest BCUT2D eigenvalue weighted by Gasteiger charge is -2.43. The monoisotopic (exact) mass is 512 g/mol. The number of carbonyl (C=O) groups is 1. The van der Waals surface area contributed by atoms with E-state index in [2.05, 4.69) is 23.8 Å². The highest BCUT2D eigenvalue weighted by atomic mass is 32.2. The van der Waals surface area contributed by atoms with Crippen LogP contribution in [0.5, 0.6) is 0 Å². The molecule has 1 aromatic rings. The Hall–Kier alpha value is -1.47. The standard InChI is InChI=1S/C21H31F3O7SSi/c1-14-15(2)18(31-32(26,27)21(22,23)24)20(28-11-12-33(3,4)5)30-17(14)13-29-19(25)16-9-7-6-8-10-16/h6-10,14-15,17-18,20H,11-13H2,1-5H3/t14-,15+,17?,18?,20-/m1/s1. The minimum Gasteiger partial charge on any atom is -0.459 e. The number of halogens is 3. The molecule has 0 amide bonds. The first-order valence-electron chi connectivity index (χ1n) is 10.6. The van der Waals surface area contributed by atoms with E-state index in [4.69, 9.17) is 14.2 Å². The average molecular weight is 513 g/mol. The Bertz CT molecular complexity index is 887. The van der Waals surface area contributed by atoms with Gasteiger partial charge in [0, 0.05) is 14.7 Å². The van der Waals surface area contributed by atoms with Crippen LogP contribution in [0.3, 0.4) is 0 Å². The Kier molecular flexibility index (Phi) is 9.13. The molecule has 0 saturated carbocycles. The Labute approximate surface area is 193 Å². The second kappa shape index (κ2) is 10.9. The maximum atomic E-state index is 12.9. The fourth-order valence-corrected chi connectivity index (χ4v) is 4.61. The van der Waals surface area contributed by atoms with Gasteiger partial charge in [-0.3, -0.25) is 4.18 Å². The zero-order chi connectivity index (χ0) is 25.0. The summed E-state index contributed by atoms with van der Waals surface area (Å²) < 4.78 is 83.6. The molecule has 5 atom stereocenters. The molecule has 188 valence electrons. The second-order valence-corrected chi connectivity index (χ2v) is 16.6. The van der Waals surface area contributed by atoms with Gasteiger partial charge in [0.1, 0.15) is 12.7 Å². The van der Waals surface area contributed by atoms with Crippen LogP contribution in [-0.4, -0.2) is 59.7 Å².